The number of nitrogens with zero attached hydrogens (tertiary/aromatic N) is 2. The fraction of sp³-hybridized carbons (Fsp3) is 0.400. The van der Waals surface area contributed by atoms with Crippen molar-refractivity contribution in [3.8, 4) is 5.75 Å². The number of rotatable bonds is 4. The van der Waals surface area contributed by atoms with Crippen LogP contribution in [0.1, 0.15) is 36.5 Å². The highest BCUT2D eigenvalue weighted by Crippen LogP contribution is 2.51. The number of carbonyl (C=O) groups excluding carboxylic acids is 1. The minimum atomic E-state index is -4.50. The Morgan fingerprint density at radius 2 is 1.89 bits per heavy atom. The molecule has 3 heterocycles. The summed E-state index contributed by atoms with van der Waals surface area (Å²) in [7, 11) is 3.41. The van der Waals surface area contributed by atoms with Gasteiger partial charge in [0, 0.05) is 25.0 Å². The summed E-state index contributed by atoms with van der Waals surface area (Å²) in [4.78, 5) is 15.8. The van der Waals surface area contributed by atoms with Crippen molar-refractivity contribution in [3.05, 3.63) is 71.1 Å². The molecule has 3 aliphatic rings. The van der Waals surface area contributed by atoms with Crippen LogP contribution in [0.15, 0.2) is 54.4 Å². The number of halogens is 3. The summed E-state index contributed by atoms with van der Waals surface area (Å²) in [5, 5.41) is 5.25. The summed E-state index contributed by atoms with van der Waals surface area (Å²) in [5.74, 6) is 0.528. The summed E-state index contributed by atoms with van der Waals surface area (Å²) in [5.41, 5.74) is 6.95. The minimum Gasteiger partial charge on any atom is -0.497 e. The molecule has 2 aromatic rings. The lowest BCUT2D eigenvalue weighted by atomic mass is 9.69. The quantitative estimate of drug-likeness (QED) is 0.614. The smallest absolute Gasteiger partial charge is 0.416 e. The Kier molecular flexibility index (Phi) is 5.68. The number of hydrogen-bond donors (Lipinski definition) is 3. The molecule has 1 fully saturated rings. The Labute approximate surface area is 201 Å². The summed E-state index contributed by atoms with van der Waals surface area (Å²) < 4.78 is 46.4. The number of carbonyl (C=O) groups is 1. The van der Waals surface area contributed by atoms with Crippen LogP contribution in [-0.2, 0) is 22.9 Å². The molecule has 186 valence electrons. The van der Waals surface area contributed by atoms with Crippen molar-refractivity contribution in [2.45, 2.75) is 50.0 Å². The first-order valence-corrected chi connectivity index (χ1v) is 11.5. The number of hydrogen-bond acceptors (Lipinski definition) is 6. The SMILES string of the molecule is COc1ccc(CN2C(=O)[C@@]3(C[C@@H](C4=CN(C)NN4)N[C@@H](C)C3)c3cc(C(F)(F)F)ccc32)cc1. The molecule has 0 saturated carbocycles. The standard InChI is InChI=1S/C25H28F3N5O2/c1-15-11-24(12-20(29-15)21-14-32(2)31-30-21)19-10-17(25(26,27)28)6-9-22(19)33(23(24)34)13-16-4-7-18(35-3)8-5-16/h4-10,14-15,20,29-31H,11-13H2,1-3H3/t15-,20-,24-/m0/s1. The third kappa shape index (κ3) is 4.10. The van der Waals surface area contributed by atoms with Crippen molar-refractivity contribution in [3.63, 3.8) is 0 Å². The maximum Gasteiger partial charge on any atom is 0.416 e. The molecule has 3 aliphatic heterocycles. The van der Waals surface area contributed by atoms with Gasteiger partial charge in [-0.25, -0.2) is 0 Å². The van der Waals surface area contributed by atoms with E-state index in [1.54, 1.807) is 17.0 Å². The molecular formula is C25H28F3N5O2. The average Bonchev–Trinajstić information content (AvgIpc) is 3.35. The Morgan fingerprint density at radius 3 is 2.51 bits per heavy atom. The molecule has 0 aromatic heterocycles. The van der Waals surface area contributed by atoms with Gasteiger partial charge in [-0.05, 0) is 61.2 Å². The number of alkyl halides is 3. The molecule has 1 saturated heterocycles. The summed E-state index contributed by atoms with van der Waals surface area (Å²) in [6.45, 7) is 2.23. The van der Waals surface area contributed by atoms with Gasteiger partial charge in [-0.1, -0.05) is 12.1 Å². The van der Waals surface area contributed by atoms with Crippen LogP contribution in [0.4, 0.5) is 18.9 Å². The van der Waals surface area contributed by atoms with Gasteiger partial charge in [0.1, 0.15) is 5.75 Å². The first kappa shape index (κ1) is 23.5. The zero-order valence-electron chi connectivity index (χ0n) is 19.7. The second-order valence-corrected chi connectivity index (χ2v) is 9.51. The highest BCUT2D eigenvalue weighted by atomic mass is 19.4. The van der Waals surface area contributed by atoms with Crippen molar-refractivity contribution >= 4 is 11.6 Å². The van der Waals surface area contributed by atoms with E-state index in [1.165, 1.54) is 12.1 Å². The Bertz CT molecular complexity index is 1170. The van der Waals surface area contributed by atoms with E-state index in [1.807, 2.05) is 44.4 Å². The van der Waals surface area contributed by atoms with Crippen LogP contribution in [-0.4, -0.2) is 37.2 Å². The van der Waals surface area contributed by atoms with Crippen LogP contribution in [0.3, 0.4) is 0 Å². The third-order valence-corrected chi connectivity index (χ3v) is 7.06. The number of anilines is 1. The van der Waals surface area contributed by atoms with Crippen LogP contribution in [0.5, 0.6) is 5.75 Å². The number of amides is 1. The van der Waals surface area contributed by atoms with E-state index in [-0.39, 0.29) is 24.5 Å². The van der Waals surface area contributed by atoms with Gasteiger partial charge in [0.25, 0.3) is 0 Å². The summed E-state index contributed by atoms with van der Waals surface area (Å²) in [6.07, 6.45) is -1.86. The number of methoxy groups -OCH3 is 1. The van der Waals surface area contributed by atoms with Gasteiger partial charge in [0.2, 0.25) is 5.91 Å². The number of piperidine rings is 1. The lowest BCUT2D eigenvalue weighted by Crippen LogP contribution is -2.56. The van der Waals surface area contributed by atoms with E-state index in [2.05, 4.69) is 16.3 Å². The zero-order valence-corrected chi connectivity index (χ0v) is 19.7. The van der Waals surface area contributed by atoms with Crippen LogP contribution in [0.2, 0.25) is 0 Å². The van der Waals surface area contributed by atoms with E-state index in [4.69, 9.17) is 4.74 Å². The third-order valence-electron chi connectivity index (χ3n) is 7.06. The predicted molar refractivity (Wildman–Crippen MR) is 125 cm³/mol. The van der Waals surface area contributed by atoms with Gasteiger partial charge >= 0.3 is 6.18 Å². The van der Waals surface area contributed by atoms with Crippen LogP contribution in [0, 0.1) is 0 Å². The number of ether oxygens (including phenoxy) is 1. The summed E-state index contributed by atoms with van der Waals surface area (Å²) >= 11 is 0. The lowest BCUT2D eigenvalue weighted by Gasteiger charge is -2.41. The molecule has 1 spiro atoms. The topological polar surface area (TPSA) is 68.9 Å². The molecule has 2 aromatic carbocycles. The molecule has 7 nitrogen and oxygen atoms in total. The molecule has 0 radical (unpaired) electrons. The van der Waals surface area contributed by atoms with Crippen molar-refractivity contribution in [2.24, 2.45) is 0 Å². The maximum absolute atomic E-state index is 14.1. The van der Waals surface area contributed by atoms with E-state index >= 15 is 0 Å². The van der Waals surface area contributed by atoms with Crippen molar-refractivity contribution in [1.29, 1.82) is 0 Å². The zero-order chi connectivity index (χ0) is 25.0. The number of benzene rings is 2. The van der Waals surface area contributed by atoms with Crippen LogP contribution >= 0.6 is 0 Å². The molecule has 3 atom stereocenters. The average molecular weight is 488 g/mol. The Hall–Kier alpha value is -3.24. The Balaban J connectivity index is 1.58. The van der Waals surface area contributed by atoms with Gasteiger partial charge in [-0.2, -0.15) is 13.2 Å². The number of fused-ring (bicyclic) bond motifs is 2. The predicted octanol–water partition coefficient (Wildman–Crippen LogP) is 3.44. The normalized spacial score (nSPS) is 26.1. The Morgan fingerprint density at radius 1 is 1.14 bits per heavy atom. The molecule has 0 aliphatic carbocycles. The lowest BCUT2D eigenvalue weighted by molar-refractivity contribution is -0.137. The van der Waals surface area contributed by atoms with Gasteiger partial charge < -0.3 is 20.4 Å². The monoisotopic (exact) mass is 487 g/mol. The highest BCUT2D eigenvalue weighted by molar-refractivity contribution is 6.08. The molecule has 10 heteroatoms. The fourth-order valence-corrected chi connectivity index (χ4v) is 5.50. The maximum atomic E-state index is 14.1. The van der Waals surface area contributed by atoms with E-state index in [9.17, 15) is 18.0 Å². The van der Waals surface area contributed by atoms with Gasteiger partial charge in [0.05, 0.1) is 36.4 Å². The van der Waals surface area contributed by atoms with Gasteiger partial charge in [0.15, 0.2) is 0 Å². The fourth-order valence-electron chi connectivity index (χ4n) is 5.50. The van der Waals surface area contributed by atoms with Gasteiger partial charge in [-0.15, -0.1) is 5.53 Å². The van der Waals surface area contributed by atoms with Crippen molar-refractivity contribution < 1.29 is 22.7 Å². The first-order chi connectivity index (χ1) is 16.6. The molecule has 35 heavy (non-hydrogen) atoms. The molecule has 3 N–H and O–H groups in total. The molecule has 1 amide bonds. The van der Waals surface area contributed by atoms with E-state index < -0.39 is 17.2 Å². The van der Waals surface area contributed by atoms with Crippen LogP contribution in [0.25, 0.3) is 0 Å². The highest BCUT2D eigenvalue weighted by Gasteiger charge is 2.55. The molecule has 0 unspecified atom stereocenters. The van der Waals surface area contributed by atoms with Crippen molar-refractivity contribution in [2.75, 3.05) is 19.1 Å². The second kappa shape index (κ2) is 8.46. The first-order valence-electron chi connectivity index (χ1n) is 11.5. The van der Waals surface area contributed by atoms with Gasteiger partial charge in [-0.3, -0.25) is 9.80 Å². The number of nitrogens with one attached hydrogen (secondary N) is 3. The van der Waals surface area contributed by atoms with Crippen molar-refractivity contribution in [1.82, 2.24) is 21.3 Å². The number of hydrazine groups is 2. The van der Waals surface area contributed by atoms with E-state index in [0.29, 0.717) is 29.8 Å². The second-order valence-electron chi connectivity index (χ2n) is 9.51. The molecule has 0 bridgehead atoms. The van der Waals surface area contributed by atoms with E-state index in [0.717, 1.165) is 17.3 Å². The summed E-state index contributed by atoms with van der Waals surface area (Å²) in [6, 6.07) is 10.7. The molecule has 5 rings (SSSR count). The molecular weight excluding hydrogens is 459 g/mol. The largest absolute Gasteiger partial charge is 0.497 e. The minimum absolute atomic E-state index is 0.0883. The van der Waals surface area contributed by atoms with Crippen LogP contribution < -0.4 is 25.9 Å².